The lowest BCUT2D eigenvalue weighted by Gasteiger charge is -2.13. The topological polar surface area (TPSA) is 223 Å². The number of aromatic nitrogens is 2. The highest BCUT2D eigenvalue weighted by Crippen LogP contribution is 2.35. The molecule has 0 aliphatic heterocycles. The first-order valence-corrected chi connectivity index (χ1v) is 9.56. The van der Waals surface area contributed by atoms with Crippen LogP contribution < -0.4 is 11.2 Å². The summed E-state index contributed by atoms with van der Waals surface area (Å²) in [5.74, 6) is 4.04. The fourth-order valence-corrected chi connectivity index (χ4v) is 3.39. The lowest BCUT2D eigenvalue weighted by Crippen LogP contribution is -2.34. The van der Waals surface area contributed by atoms with Gasteiger partial charge in [-0.2, -0.15) is 5.10 Å². The van der Waals surface area contributed by atoms with Gasteiger partial charge in [0.2, 0.25) is 5.71 Å². The summed E-state index contributed by atoms with van der Waals surface area (Å²) < 4.78 is 0. The maximum atomic E-state index is 12.8. The van der Waals surface area contributed by atoms with Crippen LogP contribution in [0.25, 0.3) is 11.0 Å². The predicted molar refractivity (Wildman–Crippen MR) is 119 cm³/mol. The number of carbonyl (C=O) groups is 1. The van der Waals surface area contributed by atoms with Crippen molar-refractivity contribution in [1.29, 1.82) is 0 Å². The van der Waals surface area contributed by atoms with Gasteiger partial charge in [0, 0.05) is 29.2 Å². The summed E-state index contributed by atoms with van der Waals surface area (Å²) in [6, 6.07) is 3.33. The molecule has 17 heteroatoms. The van der Waals surface area contributed by atoms with E-state index in [-0.39, 0.29) is 32.5 Å². The Morgan fingerprint density at radius 3 is 2.15 bits per heavy atom. The molecule has 174 valence electrons. The van der Waals surface area contributed by atoms with Crippen molar-refractivity contribution in [2.75, 3.05) is 5.32 Å². The first kappa shape index (κ1) is 24.1. The minimum absolute atomic E-state index is 0.0446. The van der Waals surface area contributed by atoms with Crippen molar-refractivity contribution >= 4 is 62.9 Å². The highest BCUT2D eigenvalue weighted by atomic mass is 35.5. The molecule has 34 heavy (non-hydrogen) atoms. The van der Waals surface area contributed by atoms with Gasteiger partial charge in [-0.15, -0.1) is 0 Å². The standard InChI is InChI=1S/C17H10Cl2N8O7/c18-9-3-8(26(31)32)4-10(19)14(9)23-17(28)15(24-20)16(27(33)34)13-6-21-11-2-1-7(25(29)30)5-12(11)22-13/h1-6,16H,20H2,(H,23,28)/b24-15+/t16-/m0/s1. The van der Waals surface area contributed by atoms with E-state index in [1.165, 1.54) is 12.1 Å². The third kappa shape index (κ3) is 4.79. The number of carbonyl (C=O) groups excluding carboxylic acids is 1. The van der Waals surface area contributed by atoms with Crippen LogP contribution in [0.3, 0.4) is 0 Å². The summed E-state index contributed by atoms with van der Waals surface area (Å²) in [5, 5.41) is 38.5. The van der Waals surface area contributed by atoms with Crippen LogP contribution in [0.2, 0.25) is 10.0 Å². The molecule has 3 N–H and O–H groups in total. The molecule has 0 spiro atoms. The van der Waals surface area contributed by atoms with Crippen LogP contribution in [0.4, 0.5) is 17.1 Å². The zero-order valence-electron chi connectivity index (χ0n) is 16.4. The van der Waals surface area contributed by atoms with E-state index >= 15 is 0 Å². The van der Waals surface area contributed by atoms with Crippen LogP contribution in [0.5, 0.6) is 0 Å². The number of nitrogens with two attached hydrogens (primary N) is 1. The largest absolute Gasteiger partial charge is 0.323 e. The van der Waals surface area contributed by atoms with Crippen molar-refractivity contribution in [3.63, 3.8) is 0 Å². The van der Waals surface area contributed by atoms with Gasteiger partial charge in [-0.3, -0.25) is 40.1 Å². The van der Waals surface area contributed by atoms with Crippen molar-refractivity contribution in [1.82, 2.24) is 9.97 Å². The number of nitro benzene ring substituents is 2. The average molecular weight is 509 g/mol. The number of hydrogen-bond donors (Lipinski definition) is 2. The van der Waals surface area contributed by atoms with Gasteiger partial charge in [0.25, 0.3) is 17.3 Å². The second-order valence-electron chi connectivity index (χ2n) is 6.42. The molecule has 1 amide bonds. The van der Waals surface area contributed by atoms with Crippen molar-refractivity contribution < 1.29 is 19.6 Å². The van der Waals surface area contributed by atoms with Crippen LogP contribution in [-0.2, 0) is 4.79 Å². The van der Waals surface area contributed by atoms with Crippen LogP contribution in [-0.4, -0.2) is 36.4 Å². The van der Waals surface area contributed by atoms with Gasteiger partial charge in [0.05, 0.1) is 42.8 Å². The lowest BCUT2D eigenvalue weighted by molar-refractivity contribution is -0.509. The number of fused-ring (bicyclic) bond motifs is 1. The Morgan fingerprint density at radius 1 is 1.00 bits per heavy atom. The summed E-state index contributed by atoms with van der Waals surface area (Å²) in [6.45, 7) is 0. The normalized spacial score (nSPS) is 12.2. The first-order chi connectivity index (χ1) is 16.0. The molecular weight excluding hydrogens is 499 g/mol. The molecule has 0 radical (unpaired) electrons. The Hall–Kier alpha value is -4.50. The SMILES string of the molecule is N/N=C(/C(=O)Nc1c(Cl)cc([N+](=O)[O-])cc1Cl)[C@H](c1cnc2ccc([N+](=O)[O-])cc2n1)[N+](=O)[O-]. The lowest BCUT2D eigenvalue weighted by atomic mass is 10.1. The fourth-order valence-electron chi connectivity index (χ4n) is 2.82. The highest BCUT2D eigenvalue weighted by Gasteiger charge is 2.37. The third-order valence-electron chi connectivity index (χ3n) is 4.35. The molecule has 0 saturated carbocycles. The molecular formula is C17H10Cl2N8O7. The molecule has 0 aliphatic rings. The zero-order chi connectivity index (χ0) is 25.2. The van der Waals surface area contributed by atoms with Gasteiger partial charge in [0.1, 0.15) is 5.69 Å². The van der Waals surface area contributed by atoms with Crippen molar-refractivity contribution in [3.8, 4) is 0 Å². The maximum Gasteiger partial charge on any atom is 0.304 e. The molecule has 0 fully saturated rings. The number of hydrogen-bond acceptors (Lipinski definition) is 11. The Bertz CT molecular complexity index is 1370. The second-order valence-corrected chi connectivity index (χ2v) is 7.24. The van der Waals surface area contributed by atoms with Crippen molar-refractivity contribution in [3.05, 3.63) is 82.6 Å². The minimum Gasteiger partial charge on any atom is -0.323 e. The molecule has 0 aliphatic carbocycles. The molecule has 1 aromatic heterocycles. The number of non-ortho nitro benzene ring substituents is 2. The average Bonchev–Trinajstić information content (AvgIpc) is 2.78. The fraction of sp³-hybridized carbons (Fsp3) is 0.0588. The number of nitrogens with one attached hydrogen (secondary N) is 1. The smallest absolute Gasteiger partial charge is 0.304 e. The Morgan fingerprint density at radius 2 is 1.62 bits per heavy atom. The summed E-state index contributed by atoms with van der Waals surface area (Å²) in [4.78, 5) is 52.1. The highest BCUT2D eigenvalue weighted by molar-refractivity contribution is 6.47. The van der Waals surface area contributed by atoms with E-state index in [4.69, 9.17) is 29.0 Å². The summed E-state index contributed by atoms with van der Waals surface area (Å²) in [7, 11) is 0. The molecule has 2 aromatic carbocycles. The number of rotatable bonds is 7. The Kier molecular flexibility index (Phi) is 6.78. The number of benzene rings is 2. The quantitative estimate of drug-likeness (QED) is 0.205. The summed E-state index contributed by atoms with van der Waals surface area (Å²) >= 11 is 11.9. The second kappa shape index (κ2) is 9.55. The zero-order valence-corrected chi connectivity index (χ0v) is 17.9. The van der Waals surface area contributed by atoms with E-state index in [2.05, 4.69) is 20.4 Å². The predicted octanol–water partition coefficient (Wildman–Crippen LogP) is 3.02. The molecule has 1 atom stereocenters. The van der Waals surface area contributed by atoms with Gasteiger partial charge >= 0.3 is 6.04 Å². The number of halogens is 2. The molecule has 0 bridgehead atoms. The first-order valence-electron chi connectivity index (χ1n) is 8.80. The van der Waals surface area contributed by atoms with Crippen LogP contribution >= 0.6 is 23.2 Å². The van der Waals surface area contributed by atoms with Crippen LogP contribution in [0, 0.1) is 30.3 Å². The van der Waals surface area contributed by atoms with Gasteiger partial charge in [-0.25, -0.2) is 4.98 Å². The van der Waals surface area contributed by atoms with Crippen LogP contribution in [0.15, 0.2) is 41.6 Å². The molecule has 3 aromatic rings. The summed E-state index contributed by atoms with van der Waals surface area (Å²) in [6.07, 6.45) is 0.992. The maximum absolute atomic E-state index is 12.8. The van der Waals surface area contributed by atoms with Crippen molar-refractivity contribution in [2.24, 2.45) is 10.9 Å². The van der Waals surface area contributed by atoms with Gasteiger partial charge in [-0.1, -0.05) is 23.2 Å². The van der Waals surface area contributed by atoms with E-state index in [1.807, 2.05) is 0 Å². The van der Waals surface area contributed by atoms with E-state index in [0.29, 0.717) is 0 Å². The Labute approximate surface area is 197 Å². The minimum atomic E-state index is -2.03. The molecule has 1 heterocycles. The number of nitro groups is 3. The van der Waals surface area contributed by atoms with E-state index in [0.717, 1.165) is 24.4 Å². The Balaban J connectivity index is 2.01. The number of nitrogens with zero attached hydrogens (tertiary/aromatic N) is 6. The molecule has 0 saturated heterocycles. The number of anilines is 1. The van der Waals surface area contributed by atoms with Gasteiger partial charge in [-0.05, 0) is 6.07 Å². The van der Waals surface area contributed by atoms with E-state index in [1.54, 1.807) is 0 Å². The van der Waals surface area contributed by atoms with E-state index in [9.17, 15) is 35.1 Å². The number of hydrazone groups is 1. The van der Waals surface area contributed by atoms with Crippen molar-refractivity contribution in [2.45, 2.75) is 6.04 Å². The van der Waals surface area contributed by atoms with Gasteiger partial charge < -0.3 is 11.2 Å². The number of amides is 1. The molecule has 3 rings (SSSR count). The summed E-state index contributed by atoms with van der Waals surface area (Å²) in [5.41, 5.74) is -2.13. The third-order valence-corrected chi connectivity index (χ3v) is 4.95. The monoisotopic (exact) mass is 508 g/mol. The van der Waals surface area contributed by atoms with Gasteiger partial charge in [0.15, 0.2) is 0 Å². The van der Waals surface area contributed by atoms with E-state index < -0.39 is 43.8 Å². The molecule has 0 unspecified atom stereocenters. The molecule has 15 nitrogen and oxygen atoms in total. The van der Waals surface area contributed by atoms with Crippen LogP contribution in [0.1, 0.15) is 11.7 Å².